The highest BCUT2D eigenvalue weighted by atomic mass is 16.8. The molecule has 2 N–H and O–H groups in total. The van der Waals surface area contributed by atoms with Crippen molar-refractivity contribution in [1.29, 1.82) is 0 Å². The Bertz CT molecular complexity index is 944. The molecule has 1 saturated heterocycles. The number of hydrogen-bond donors (Lipinski definition) is 2. The quantitative estimate of drug-likeness (QED) is 0.734. The van der Waals surface area contributed by atoms with Crippen molar-refractivity contribution in [3.05, 3.63) is 50.4 Å². The number of nitrogens with one attached hydrogen (secondary N) is 1. The van der Waals surface area contributed by atoms with Gasteiger partial charge in [-0.1, -0.05) is 5.16 Å². The summed E-state index contributed by atoms with van der Waals surface area (Å²) in [5, 5.41) is 23.1. The van der Waals surface area contributed by atoms with Crippen LogP contribution in [0.3, 0.4) is 0 Å². The standard InChI is InChI=1S/C19H24N4O5/c1-11-15(12(2)28-20-11)3-6-18(24)21-8-13-7-14(10-21)16-4-5-17(23(26)27)19(25)22(16)9-13/h4-5,13-14,23,26H,3,6-10H2,1-2H3/t13-,14?/m0/s1. The highest BCUT2D eigenvalue weighted by Gasteiger charge is 2.37. The minimum atomic E-state index is -1.20. The van der Waals surface area contributed by atoms with Gasteiger partial charge in [0.1, 0.15) is 5.76 Å². The second-order valence-electron chi connectivity index (χ2n) is 7.79. The van der Waals surface area contributed by atoms with Gasteiger partial charge in [0.2, 0.25) is 11.6 Å². The third-order valence-electron chi connectivity index (χ3n) is 5.96. The van der Waals surface area contributed by atoms with Crippen LogP contribution in [0.15, 0.2) is 21.5 Å². The molecule has 1 amide bonds. The van der Waals surface area contributed by atoms with E-state index in [1.54, 1.807) is 10.6 Å². The monoisotopic (exact) mass is 388 g/mol. The minimum absolute atomic E-state index is 0.0612. The van der Waals surface area contributed by atoms with E-state index >= 15 is 0 Å². The third kappa shape index (κ3) is 3.25. The number of hydrogen-bond acceptors (Lipinski definition) is 6. The number of piperidine rings is 1. The van der Waals surface area contributed by atoms with Crippen LogP contribution >= 0.6 is 0 Å². The number of carbonyl (C=O) groups excluding carboxylic acids is 1. The van der Waals surface area contributed by atoms with Crippen LogP contribution in [-0.4, -0.2) is 38.8 Å². The van der Waals surface area contributed by atoms with E-state index in [-0.39, 0.29) is 23.4 Å². The average Bonchev–Trinajstić information content (AvgIpc) is 2.98. The Morgan fingerprint density at radius 3 is 2.82 bits per heavy atom. The Morgan fingerprint density at radius 2 is 2.14 bits per heavy atom. The van der Waals surface area contributed by atoms with E-state index in [0.717, 1.165) is 29.1 Å². The Hall–Kier alpha value is -2.49. The summed E-state index contributed by atoms with van der Waals surface area (Å²) < 4.78 is 6.75. The van der Waals surface area contributed by atoms with Crippen LogP contribution in [0.5, 0.6) is 0 Å². The summed E-state index contributed by atoms with van der Waals surface area (Å²) in [6.07, 6.45) is 1.91. The van der Waals surface area contributed by atoms with Crippen LogP contribution in [0.1, 0.15) is 41.5 Å². The summed E-state index contributed by atoms with van der Waals surface area (Å²) in [6.45, 7) is 5.34. The Labute approximate surface area is 161 Å². The maximum atomic E-state index is 12.8. The highest BCUT2D eigenvalue weighted by molar-refractivity contribution is 5.76. The van der Waals surface area contributed by atoms with Crippen molar-refractivity contribution in [2.75, 3.05) is 13.1 Å². The molecule has 4 heterocycles. The molecule has 28 heavy (non-hydrogen) atoms. The maximum Gasteiger partial charge on any atom is 0.315 e. The summed E-state index contributed by atoms with van der Waals surface area (Å²) in [7, 11) is 0. The second-order valence-corrected chi connectivity index (χ2v) is 7.79. The van der Waals surface area contributed by atoms with Crippen molar-refractivity contribution < 1.29 is 19.8 Å². The fourth-order valence-corrected chi connectivity index (χ4v) is 4.56. The van der Waals surface area contributed by atoms with Crippen LogP contribution in [0.4, 0.5) is 5.69 Å². The molecule has 2 unspecified atom stereocenters. The number of aromatic nitrogens is 2. The van der Waals surface area contributed by atoms with Crippen molar-refractivity contribution in [2.45, 2.75) is 45.6 Å². The summed E-state index contributed by atoms with van der Waals surface area (Å²) in [4.78, 5) is 27.2. The fraction of sp³-hybridized carbons (Fsp3) is 0.526. The minimum Gasteiger partial charge on any atom is -0.595 e. The van der Waals surface area contributed by atoms with Crippen LogP contribution in [0.2, 0.25) is 0 Å². The number of quaternary nitrogens is 1. The summed E-state index contributed by atoms with van der Waals surface area (Å²) in [6, 6.07) is 3.11. The van der Waals surface area contributed by atoms with Gasteiger partial charge in [-0.05, 0) is 38.7 Å². The molecule has 4 rings (SSSR count). The van der Waals surface area contributed by atoms with Crippen LogP contribution in [0, 0.1) is 25.0 Å². The first-order chi connectivity index (χ1) is 13.3. The predicted octanol–water partition coefficient (Wildman–Crippen LogP) is 0.435. The first-order valence-electron chi connectivity index (χ1n) is 9.51. The second kappa shape index (κ2) is 7.16. The molecule has 0 radical (unpaired) electrons. The number of nitrogens with zero attached hydrogens (tertiary/aromatic N) is 3. The molecule has 0 aliphatic carbocycles. The van der Waals surface area contributed by atoms with Gasteiger partial charge in [-0.2, -0.15) is 5.23 Å². The lowest BCUT2D eigenvalue weighted by molar-refractivity contribution is -0.992. The van der Waals surface area contributed by atoms with Crippen molar-refractivity contribution in [1.82, 2.24) is 14.6 Å². The normalized spacial score (nSPS) is 22.1. The molecule has 0 aromatic carbocycles. The predicted molar refractivity (Wildman–Crippen MR) is 98.2 cm³/mol. The van der Waals surface area contributed by atoms with Crippen molar-refractivity contribution in [2.24, 2.45) is 5.92 Å². The molecule has 2 aromatic heterocycles. The summed E-state index contributed by atoms with van der Waals surface area (Å²) in [5.74, 6) is 1.07. The zero-order valence-corrected chi connectivity index (χ0v) is 16.0. The SMILES string of the molecule is Cc1noc(C)c1CCC(=O)N1CC2C[C@@H](C1)Cn1c2ccc([NH+]([O-])O)c1=O. The third-order valence-corrected chi connectivity index (χ3v) is 5.96. The van der Waals surface area contributed by atoms with E-state index in [4.69, 9.17) is 4.52 Å². The van der Waals surface area contributed by atoms with E-state index in [0.29, 0.717) is 32.5 Å². The maximum absolute atomic E-state index is 12.8. The lowest BCUT2D eigenvalue weighted by Gasteiger charge is -2.43. The van der Waals surface area contributed by atoms with Crippen LogP contribution in [-0.2, 0) is 17.8 Å². The molecule has 0 saturated carbocycles. The number of aryl methyl sites for hydroxylation is 2. The number of fused-ring (bicyclic) bond motifs is 4. The molecular formula is C19H24N4O5. The van der Waals surface area contributed by atoms with Gasteiger partial charge in [0, 0.05) is 49.3 Å². The molecule has 3 atom stereocenters. The van der Waals surface area contributed by atoms with Gasteiger partial charge in [0.05, 0.1) is 5.69 Å². The van der Waals surface area contributed by atoms with Crippen molar-refractivity contribution >= 4 is 11.6 Å². The average molecular weight is 388 g/mol. The lowest BCUT2D eigenvalue weighted by Crippen LogP contribution is -3.00. The van der Waals surface area contributed by atoms with Crippen LogP contribution < -0.4 is 10.8 Å². The Balaban J connectivity index is 1.49. The zero-order chi connectivity index (χ0) is 20.0. The largest absolute Gasteiger partial charge is 0.595 e. The van der Waals surface area contributed by atoms with Gasteiger partial charge in [-0.3, -0.25) is 9.59 Å². The van der Waals surface area contributed by atoms with Gasteiger partial charge in [-0.15, -0.1) is 0 Å². The molecule has 0 spiro atoms. The molecule has 2 aliphatic heterocycles. The van der Waals surface area contributed by atoms with E-state index in [1.165, 1.54) is 6.07 Å². The molecule has 9 nitrogen and oxygen atoms in total. The molecule has 2 aromatic rings. The fourth-order valence-electron chi connectivity index (χ4n) is 4.56. The van der Waals surface area contributed by atoms with Crippen molar-refractivity contribution in [3.8, 4) is 0 Å². The van der Waals surface area contributed by atoms with Gasteiger partial charge >= 0.3 is 5.56 Å². The first-order valence-corrected chi connectivity index (χ1v) is 9.51. The van der Waals surface area contributed by atoms with Gasteiger partial charge < -0.3 is 19.2 Å². The highest BCUT2D eigenvalue weighted by Crippen LogP contribution is 2.35. The van der Waals surface area contributed by atoms with Crippen LogP contribution in [0.25, 0.3) is 0 Å². The lowest BCUT2D eigenvalue weighted by atomic mass is 9.83. The number of amides is 1. The van der Waals surface area contributed by atoms with Gasteiger partial charge in [-0.25, -0.2) is 5.21 Å². The Kier molecular flexibility index (Phi) is 4.82. The van der Waals surface area contributed by atoms with E-state index in [9.17, 15) is 20.0 Å². The van der Waals surface area contributed by atoms with E-state index in [1.807, 2.05) is 18.7 Å². The molecule has 1 fully saturated rings. The molecular weight excluding hydrogens is 364 g/mol. The number of pyridine rings is 1. The summed E-state index contributed by atoms with van der Waals surface area (Å²) in [5.41, 5.74) is 2.00. The molecule has 2 aliphatic rings. The number of carbonyl (C=O) groups is 1. The number of rotatable bonds is 4. The zero-order valence-electron chi connectivity index (χ0n) is 16.0. The first kappa shape index (κ1) is 18.9. The molecule has 9 heteroatoms. The van der Waals surface area contributed by atoms with E-state index in [2.05, 4.69) is 5.16 Å². The molecule has 2 bridgehead atoms. The topological polar surface area (TPSA) is 116 Å². The van der Waals surface area contributed by atoms with Gasteiger partial charge in [0.25, 0.3) is 0 Å². The Morgan fingerprint density at radius 1 is 1.36 bits per heavy atom. The van der Waals surface area contributed by atoms with Crippen molar-refractivity contribution in [3.63, 3.8) is 0 Å². The van der Waals surface area contributed by atoms with E-state index < -0.39 is 10.8 Å². The smallest absolute Gasteiger partial charge is 0.315 e. The summed E-state index contributed by atoms with van der Waals surface area (Å²) >= 11 is 0. The molecule has 150 valence electrons. The van der Waals surface area contributed by atoms with Gasteiger partial charge in [0.15, 0.2) is 0 Å². The number of likely N-dealkylation sites (tertiary alicyclic amines) is 1.